The normalized spacial score (nSPS) is 32.0. The van der Waals surface area contributed by atoms with Crippen molar-refractivity contribution in [3.05, 3.63) is 12.2 Å². The van der Waals surface area contributed by atoms with E-state index in [1.807, 2.05) is 13.1 Å². The van der Waals surface area contributed by atoms with Gasteiger partial charge in [-0.05, 0) is 19.3 Å². The van der Waals surface area contributed by atoms with Gasteiger partial charge in [-0.2, -0.15) is 0 Å². The molecule has 1 amide bonds. The Labute approximate surface area is 156 Å². The van der Waals surface area contributed by atoms with E-state index in [1.165, 1.54) is 0 Å². The van der Waals surface area contributed by atoms with Crippen LogP contribution in [-0.2, 0) is 14.3 Å². The molecule has 1 aliphatic carbocycles. The number of carbonyl (C=O) groups is 1. The molecule has 0 unspecified atom stereocenters. The lowest BCUT2D eigenvalue weighted by molar-refractivity contribution is -0.133. The fourth-order valence-corrected chi connectivity index (χ4v) is 4.23. The van der Waals surface area contributed by atoms with Gasteiger partial charge in [-0.25, -0.2) is 0 Å². The number of aliphatic hydroxyl groups excluding tert-OH is 1. The number of hydrogen-bond donors (Lipinski definition) is 1. The van der Waals surface area contributed by atoms with Crippen LogP contribution >= 0.6 is 0 Å². The summed E-state index contributed by atoms with van der Waals surface area (Å²) in [6, 6.07) is 0.0161. The van der Waals surface area contributed by atoms with Crippen molar-refractivity contribution in [1.29, 1.82) is 0 Å². The highest BCUT2D eigenvalue weighted by molar-refractivity contribution is 5.87. The highest BCUT2D eigenvalue weighted by Gasteiger charge is 2.38. The van der Waals surface area contributed by atoms with Gasteiger partial charge in [0, 0.05) is 51.9 Å². The van der Waals surface area contributed by atoms with Gasteiger partial charge in [-0.3, -0.25) is 14.6 Å². The first kappa shape index (κ1) is 19.8. The molecule has 7 heteroatoms. The number of hydrogen-bond acceptors (Lipinski definition) is 6. The molecule has 1 N–H and O–H groups in total. The standard InChI is InChI=1S/C19H33N3O4/c1-20(18(23)6-3-7-21-8-12-25-13-9-21)16-4-2-5-17(19(16)24)22-10-14-26-15-11-22/h3,6,16-17,19,24H,2,4-5,7-15H2,1H3/t16-,17-,19-/m1/s1. The average Bonchev–Trinajstić information content (AvgIpc) is 2.69. The molecule has 3 fully saturated rings. The summed E-state index contributed by atoms with van der Waals surface area (Å²) in [5.74, 6) is -0.0232. The maximum Gasteiger partial charge on any atom is 0.246 e. The molecule has 2 heterocycles. The second kappa shape index (κ2) is 9.80. The van der Waals surface area contributed by atoms with E-state index in [1.54, 1.807) is 11.0 Å². The lowest BCUT2D eigenvalue weighted by atomic mass is 9.86. The van der Waals surface area contributed by atoms with E-state index in [-0.39, 0.29) is 18.0 Å². The van der Waals surface area contributed by atoms with Crippen molar-refractivity contribution in [3.8, 4) is 0 Å². The fourth-order valence-electron chi connectivity index (χ4n) is 4.23. The van der Waals surface area contributed by atoms with Crippen LogP contribution in [0.1, 0.15) is 19.3 Å². The minimum absolute atomic E-state index is 0.0232. The van der Waals surface area contributed by atoms with Gasteiger partial charge in [0.2, 0.25) is 5.91 Å². The Hall–Kier alpha value is -0.990. The zero-order valence-corrected chi connectivity index (χ0v) is 15.9. The molecule has 0 aromatic carbocycles. The number of ether oxygens (including phenoxy) is 2. The second-order valence-electron chi connectivity index (χ2n) is 7.47. The molecule has 2 saturated heterocycles. The summed E-state index contributed by atoms with van der Waals surface area (Å²) in [5, 5.41) is 10.9. The summed E-state index contributed by atoms with van der Waals surface area (Å²) in [4.78, 5) is 18.9. The van der Waals surface area contributed by atoms with Crippen molar-refractivity contribution in [2.24, 2.45) is 0 Å². The number of rotatable bonds is 5. The van der Waals surface area contributed by atoms with Crippen LogP contribution in [0.2, 0.25) is 0 Å². The van der Waals surface area contributed by atoms with Crippen LogP contribution < -0.4 is 0 Å². The largest absolute Gasteiger partial charge is 0.389 e. The average molecular weight is 367 g/mol. The van der Waals surface area contributed by atoms with Crippen molar-refractivity contribution >= 4 is 5.91 Å². The summed E-state index contributed by atoms with van der Waals surface area (Å²) in [5.41, 5.74) is 0. The maximum absolute atomic E-state index is 12.6. The van der Waals surface area contributed by atoms with Gasteiger partial charge in [-0.1, -0.05) is 6.08 Å². The van der Waals surface area contributed by atoms with E-state index in [4.69, 9.17) is 9.47 Å². The lowest BCUT2D eigenvalue weighted by Gasteiger charge is -2.45. The molecule has 1 saturated carbocycles. The molecule has 0 radical (unpaired) electrons. The Morgan fingerprint density at radius 2 is 1.77 bits per heavy atom. The Balaban J connectivity index is 1.51. The van der Waals surface area contributed by atoms with Gasteiger partial charge in [0.1, 0.15) is 0 Å². The Bertz CT molecular complexity index is 475. The van der Waals surface area contributed by atoms with E-state index in [2.05, 4.69) is 9.80 Å². The third-order valence-corrected chi connectivity index (χ3v) is 5.88. The molecule has 7 nitrogen and oxygen atoms in total. The van der Waals surface area contributed by atoms with Gasteiger partial charge < -0.3 is 19.5 Å². The van der Waals surface area contributed by atoms with Crippen LogP contribution in [0.5, 0.6) is 0 Å². The maximum atomic E-state index is 12.6. The van der Waals surface area contributed by atoms with E-state index < -0.39 is 6.10 Å². The summed E-state index contributed by atoms with van der Waals surface area (Å²) >= 11 is 0. The summed E-state index contributed by atoms with van der Waals surface area (Å²) in [7, 11) is 1.82. The van der Waals surface area contributed by atoms with Crippen LogP contribution in [0.15, 0.2) is 12.2 Å². The first-order valence-electron chi connectivity index (χ1n) is 9.90. The minimum atomic E-state index is -0.497. The van der Waals surface area contributed by atoms with Crippen molar-refractivity contribution in [2.45, 2.75) is 37.5 Å². The molecule has 2 aliphatic heterocycles. The molecule has 0 aromatic heterocycles. The molecule has 3 aliphatic rings. The third-order valence-electron chi connectivity index (χ3n) is 5.88. The molecule has 0 aromatic rings. The molecule has 148 valence electrons. The van der Waals surface area contributed by atoms with Gasteiger partial charge in [0.05, 0.1) is 38.6 Å². The molecular weight excluding hydrogens is 334 g/mol. The molecule has 3 rings (SSSR count). The smallest absolute Gasteiger partial charge is 0.246 e. The number of aliphatic hydroxyl groups is 1. The summed E-state index contributed by atoms with van der Waals surface area (Å²) in [6.07, 6.45) is 5.98. The summed E-state index contributed by atoms with van der Waals surface area (Å²) < 4.78 is 10.8. The molecule has 0 bridgehead atoms. The Morgan fingerprint density at radius 1 is 1.12 bits per heavy atom. The third kappa shape index (κ3) is 5.04. The van der Waals surface area contributed by atoms with Crippen LogP contribution in [0.4, 0.5) is 0 Å². The first-order chi connectivity index (χ1) is 12.7. The first-order valence-corrected chi connectivity index (χ1v) is 9.90. The van der Waals surface area contributed by atoms with Crippen molar-refractivity contribution < 1.29 is 19.4 Å². The van der Waals surface area contributed by atoms with Crippen LogP contribution in [0.25, 0.3) is 0 Å². The topological polar surface area (TPSA) is 65.5 Å². The SMILES string of the molecule is CN(C(=O)C=CCN1CCOCC1)[C@@H]1CCC[C@@H](N2CCOCC2)[C@@H]1O. The highest BCUT2D eigenvalue weighted by atomic mass is 16.5. The number of amides is 1. The van der Waals surface area contributed by atoms with E-state index >= 15 is 0 Å². The monoisotopic (exact) mass is 367 g/mol. The van der Waals surface area contributed by atoms with Crippen molar-refractivity contribution in [1.82, 2.24) is 14.7 Å². The number of morpholine rings is 2. The van der Waals surface area contributed by atoms with Gasteiger partial charge in [0.25, 0.3) is 0 Å². The Morgan fingerprint density at radius 3 is 2.46 bits per heavy atom. The summed E-state index contributed by atoms with van der Waals surface area (Å²) in [6.45, 7) is 7.31. The number of nitrogens with zero attached hydrogens (tertiary/aromatic N) is 3. The zero-order chi connectivity index (χ0) is 18.4. The quantitative estimate of drug-likeness (QED) is 0.688. The van der Waals surface area contributed by atoms with Gasteiger partial charge in [0.15, 0.2) is 0 Å². The minimum Gasteiger partial charge on any atom is -0.389 e. The van der Waals surface area contributed by atoms with Crippen LogP contribution in [-0.4, -0.2) is 110 Å². The van der Waals surface area contributed by atoms with Crippen LogP contribution in [0.3, 0.4) is 0 Å². The predicted octanol–water partition coefficient (Wildman–Crippen LogP) is -0.0526. The highest BCUT2D eigenvalue weighted by Crippen LogP contribution is 2.27. The second-order valence-corrected chi connectivity index (χ2v) is 7.47. The molecule has 3 atom stereocenters. The molecule has 0 spiro atoms. The van der Waals surface area contributed by atoms with E-state index in [9.17, 15) is 9.90 Å². The predicted molar refractivity (Wildman–Crippen MR) is 99.0 cm³/mol. The molecule has 26 heavy (non-hydrogen) atoms. The van der Waals surface area contributed by atoms with Crippen LogP contribution in [0, 0.1) is 0 Å². The number of carbonyl (C=O) groups excluding carboxylic acids is 1. The Kier molecular flexibility index (Phi) is 7.45. The van der Waals surface area contributed by atoms with Gasteiger partial charge >= 0.3 is 0 Å². The number of likely N-dealkylation sites (N-methyl/N-ethyl adjacent to an activating group) is 1. The van der Waals surface area contributed by atoms with Gasteiger partial charge in [-0.15, -0.1) is 0 Å². The molecular formula is C19H33N3O4. The lowest BCUT2D eigenvalue weighted by Crippen LogP contribution is -2.58. The zero-order valence-electron chi connectivity index (χ0n) is 15.9. The van der Waals surface area contributed by atoms with E-state index in [0.717, 1.165) is 78.4 Å². The van der Waals surface area contributed by atoms with Crippen molar-refractivity contribution in [2.75, 3.05) is 66.2 Å². The van der Waals surface area contributed by atoms with E-state index in [0.29, 0.717) is 0 Å². The fraction of sp³-hybridized carbons (Fsp3) is 0.842. The van der Waals surface area contributed by atoms with Crippen molar-refractivity contribution in [3.63, 3.8) is 0 Å².